The first-order valence-corrected chi connectivity index (χ1v) is 26.0. The Morgan fingerprint density at radius 1 is 0.360 bits per heavy atom. The molecule has 1 fully saturated rings. The third kappa shape index (κ3) is 10.1. The van der Waals surface area contributed by atoms with E-state index in [9.17, 15) is 0 Å². The van der Waals surface area contributed by atoms with Gasteiger partial charge in [0, 0.05) is 18.6 Å². The zero-order chi connectivity index (χ0) is 49.7. The number of pyridine rings is 3. The molecule has 3 heterocycles. The first kappa shape index (κ1) is 49.1. The van der Waals surface area contributed by atoms with Crippen molar-refractivity contribution in [1.29, 1.82) is 0 Å². The van der Waals surface area contributed by atoms with E-state index < -0.39 is 0 Å². The molecule has 0 unspecified atom stereocenters. The van der Waals surface area contributed by atoms with Crippen molar-refractivity contribution >= 4 is 0 Å². The van der Waals surface area contributed by atoms with Gasteiger partial charge in [0.15, 0.2) is 0 Å². The average Bonchev–Trinajstić information content (AvgIpc) is 3.98. The summed E-state index contributed by atoms with van der Waals surface area (Å²) in [6.45, 7) is 2.32. The molecular weight excluding hydrogens is 1090 g/mol. The molecule has 75 heavy (non-hydrogen) atoms. The van der Waals surface area contributed by atoms with Crippen LogP contribution in [-0.2, 0) is 25.5 Å². The van der Waals surface area contributed by atoms with Gasteiger partial charge in [0.1, 0.15) is 0 Å². The Labute approximate surface area is 455 Å². The van der Waals surface area contributed by atoms with E-state index in [1.807, 2.05) is 55.0 Å². The first-order valence-electron chi connectivity index (χ1n) is 26.0. The summed E-state index contributed by atoms with van der Waals surface area (Å²) in [5, 5.41) is 0. The van der Waals surface area contributed by atoms with Crippen LogP contribution in [0.4, 0.5) is 0 Å². The van der Waals surface area contributed by atoms with Crippen LogP contribution in [0.2, 0.25) is 0 Å². The number of hydrogen-bond acceptors (Lipinski definition) is 3. The normalized spacial score (nSPS) is 12.8. The third-order valence-electron chi connectivity index (χ3n) is 15.0. The van der Waals surface area contributed by atoms with Crippen LogP contribution in [0.3, 0.4) is 0 Å². The van der Waals surface area contributed by atoms with Crippen LogP contribution in [0.5, 0.6) is 0 Å². The van der Waals surface area contributed by atoms with Gasteiger partial charge in [-0.3, -0.25) is 0 Å². The van der Waals surface area contributed by atoms with E-state index in [-0.39, 0.29) is 25.5 Å². The van der Waals surface area contributed by atoms with Gasteiger partial charge in [-0.15, -0.1) is 83.4 Å². The van der Waals surface area contributed by atoms with E-state index in [4.69, 9.17) is 4.98 Å². The molecule has 0 N–H and O–H groups in total. The maximum Gasteiger partial charge on any atom is 3.00 e. The molecule has 4 heteroatoms. The Balaban J connectivity index is 0.00000602. The maximum absolute atomic E-state index is 5.00. The molecule has 11 aromatic rings. The quantitative estimate of drug-likeness (QED) is 0.108. The average molecular weight is 1140 g/mol. The predicted octanol–water partition coefficient (Wildman–Crippen LogP) is 18.6. The van der Waals surface area contributed by atoms with E-state index in [2.05, 4.69) is 217 Å². The van der Waals surface area contributed by atoms with Crippen molar-refractivity contribution in [3.05, 3.63) is 261 Å². The van der Waals surface area contributed by atoms with Crippen molar-refractivity contribution in [3.63, 3.8) is 0 Å². The van der Waals surface area contributed by atoms with Gasteiger partial charge in [0.05, 0.1) is 0 Å². The summed E-state index contributed by atoms with van der Waals surface area (Å²) in [5.41, 5.74) is 23.1. The first-order chi connectivity index (χ1) is 36.6. The molecule has 1 aliphatic carbocycles. The minimum atomic E-state index is 0. The fourth-order valence-electron chi connectivity index (χ4n) is 11.4. The molecule has 1 saturated carbocycles. The minimum absolute atomic E-state index is 0. The van der Waals surface area contributed by atoms with Gasteiger partial charge in [-0.25, -0.2) is 0 Å². The third-order valence-corrected chi connectivity index (χ3v) is 15.0. The van der Waals surface area contributed by atoms with Gasteiger partial charge in [-0.2, -0.15) is 0 Å². The molecule has 0 radical (unpaired) electrons. The van der Waals surface area contributed by atoms with Crippen LogP contribution in [-0.4, -0.2) is 15.0 Å². The molecule has 0 saturated heterocycles. The Hall–Kier alpha value is -8.14. The van der Waals surface area contributed by atoms with Crippen molar-refractivity contribution in [2.24, 2.45) is 0 Å². The second kappa shape index (κ2) is 22.1. The summed E-state index contributed by atoms with van der Waals surface area (Å²) in [5.74, 6) is 0. The second-order valence-electron chi connectivity index (χ2n) is 19.6. The van der Waals surface area contributed by atoms with Crippen molar-refractivity contribution in [2.75, 3.05) is 0 Å². The Morgan fingerprint density at radius 2 is 0.827 bits per heavy atom. The molecule has 0 atom stereocenters. The van der Waals surface area contributed by atoms with Crippen LogP contribution in [0.25, 0.3) is 112 Å². The monoisotopic (exact) mass is 1140 g/mol. The molecule has 0 spiro atoms. The zero-order valence-corrected chi connectivity index (χ0v) is 44.3. The number of nitrogens with zero attached hydrogens (tertiary/aromatic N) is 3. The Bertz CT molecular complexity index is 3570. The molecule has 0 bridgehead atoms. The molecule has 12 rings (SSSR count). The summed E-state index contributed by atoms with van der Waals surface area (Å²) < 4.78 is 0. The standard InChI is InChI=1S/C71H54N3.Ir/c1-2-39-71(40-14-15-41-71)59-38-44-74-70(49-59)55-36-37-66(67(48-55)50-18-4-3-5-19-50)65-25-11-10-24-64(65)58-46-56(62-22-8-6-20-60(62)51-28-32-53(33-29-51)68-26-12-16-42-72-68)45-57(47-58)63-23-9-7-21-61(63)52-30-34-54(35-31-52)69-27-13-17-43-73-69;/h3-13,16-32,34,37-38,42-49H,2,14-15,39-41H2,1H3;/q-3;+3. The predicted molar refractivity (Wildman–Crippen MR) is 306 cm³/mol. The van der Waals surface area contributed by atoms with Crippen molar-refractivity contribution in [3.8, 4) is 112 Å². The molecule has 3 nitrogen and oxygen atoms in total. The van der Waals surface area contributed by atoms with Crippen LogP contribution < -0.4 is 0 Å². The second-order valence-corrected chi connectivity index (χ2v) is 19.6. The van der Waals surface area contributed by atoms with Crippen molar-refractivity contribution < 1.29 is 20.1 Å². The number of benzene rings is 8. The van der Waals surface area contributed by atoms with Gasteiger partial charge < -0.3 is 15.0 Å². The van der Waals surface area contributed by atoms with Gasteiger partial charge in [-0.05, 0) is 123 Å². The fourth-order valence-corrected chi connectivity index (χ4v) is 11.4. The summed E-state index contributed by atoms with van der Waals surface area (Å²) in [7, 11) is 0. The summed E-state index contributed by atoms with van der Waals surface area (Å²) in [4.78, 5) is 14.2. The van der Waals surface area contributed by atoms with E-state index in [1.165, 1.54) is 44.1 Å². The summed E-state index contributed by atoms with van der Waals surface area (Å²) in [6.07, 6.45) is 13.1. The number of hydrogen-bond donors (Lipinski definition) is 0. The van der Waals surface area contributed by atoms with Gasteiger partial charge in [0.2, 0.25) is 0 Å². The van der Waals surface area contributed by atoms with Gasteiger partial charge >= 0.3 is 20.1 Å². The van der Waals surface area contributed by atoms with E-state index >= 15 is 0 Å². The fraction of sp³-hybridized carbons (Fsp3) is 0.113. The smallest absolute Gasteiger partial charge is 0.305 e. The molecular formula is C71H54IrN3. The van der Waals surface area contributed by atoms with Crippen LogP contribution in [0, 0.1) is 18.2 Å². The van der Waals surface area contributed by atoms with Gasteiger partial charge in [-0.1, -0.05) is 199 Å². The number of aromatic nitrogens is 3. The van der Waals surface area contributed by atoms with Crippen LogP contribution in [0.1, 0.15) is 51.0 Å². The Kier molecular flexibility index (Phi) is 14.5. The minimum Gasteiger partial charge on any atom is -0.305 e. The summed E-state index contributed by atoms with van der Waals surface area (Å²) >= 11 is 0. The molecule has 8 aromatic carbocycles. The number of rotatable bonds is 13. The van der Waals surface area contributed by atoms with E-state index in [1.54, 1.807) is 0 Å². The van der Waals surface area contributed by atoms with Gasteiger partial charge in [0.25, 0.3) is 0 Å². The zero-order valence-electron chi connectivity index (χ0n) is 41.9. The van der Waals surface area contributed by atoms with E-state index in [0.29, 0.717) is 0 Å². The molecule has 1 aliphatic rings. The SMILES string of the molecule is CCCC1(c2ccnc(-c3[c-]cc(-c4ccccc4-c4cc(-c5ccccc5-c5c[c-]c(-c6ccccn6)cc5)cc(-c5ccccc5-c5c[c-]c(-c6ccccn6)cc5)c4)c(-c4ccccc4)c3)c2)CCCC1.[Ir+3]. The van der Waals surface area contributed by atoms with Crippen LogP contribution in [0.15, 0.2) is 237 Å². The van der Waals surface area contributed by atoms with Crippen LogP contribution >= 0.6 is 0 Å². The van der Waals surface area contributed by atoms with Crippen molar-refractivity contribution in [2.45, 2.75) is 50.9 Å². The molecule has 362 valence electrons. The Morgan fingerprint density at radius 3 is 1.32 bits per heavy atom. The maximum atomic E-state index is 5.00. The largest absolute Gasteiger partial charge is 3.00 e. The molecule has 0 amide bonds. The van der Waals surface area contributed by atoms with E-state index in [0.717, 1.165) is 112 Å². The summed E-state index contributed by atoms with van der Waals surface area (Å²) in [6, 6.07) is 89.0. The molecule has 3 aromatic heterocycles. The van der Waals surface area contributed by atoms with Crippen molar-refractivity contribution in [1.82, 2.24) is 15.0 Å². The molecule has 0 aliphatic heterocycles. The topological polar surface area (TPSA) is 38.7 Å².